The number of aromatic amines is 1. The first-order valence-electron chi connectivity index (χ1n) is 3.78. The first kappa shape index (κ1) is 8.78. The average Bonchev–Trinajstić information content (AvgIpc) is 2.36. The number of rotatable bonds is 2. The molecule has 1 rings (SSSR count). The van der Waals surface area contributed by atoms with E-state index in [2.05, 4.69) is 11.6 Å². The normalized spacial score (nSPS) is 11.8. The first-order valence-corrected chi connectivity index (χ1v) is 3.78. The van der Waals surface area contributed by atoms with E-state index >= 15 is 0 Å². The molecule has 0 radical (unpaired) electrons. The zero-order chi connectivity index (χ0) is 9.14. The van der Waals surface area contributed by atoms with Gasteiger partial charge < -0.3 is 4.98 Å². The number of halogens is 1. The van der Waals surface area contributed by atoms with Crippen LogP contribution in [-0.4, -0.2) is 4.98 Å². The van der Waals surface area contributed by atoms with Crippen molar-refractivity contribution in [3.8, 4) is 0 Å². The maximum Gasteiger partial charge on any atom is 0.127 e. The fourth-order valence-corrected chi connectivity index (χ4v) is 0.865. The zero-order valence-electron chi connectivity index (χ0n) is 7.32. The van der Waals surface area contributed by atoms with Crippen molar-refractivity contribution in [1.82, 2.24) is 4.98 Å². The number of nitrogens with one attached hydrogen (secondary N) is 1. The van der Waals surface area contributed by atoms with Gasteiger partial charge in [0.25, 0.3) is 0 Å². The van der Waals surface area contributed by atoms with Gasteiger partial charge in [-0.2, -0.15) is 0 Å². The highest BCUT2D eigenvalue weighted by atomic mass is 19.1. The number of hydrogen-bond donors (Lipinski definition) is 1. The van der Waals surface area contributed by atoms with Gasteiger partial charge >= 0.3 is 0 Å². The lowest BCUT2D eigenvalue weighted by atomic mass is 10.2. The minimum absolute atomic E-state index is 0.277. The van der Waals surface area contributed by atoms with Crippen molar-refractivity contribution in [1.29, 1.82) is 0 Å². The molecule has 1 N–H and O–H groups in total. The lowest BCUT2D eigenvalue weighted by molar-refractivity contribution is 0.659. The molecule has 0 spiro atoms. The van der Waals surface area contributed by atoms with Crippen LogP contribution in [0.15, 0.2) is 30.2 Å². The van der Waals surface area contributed by atoms with Crippen molar-refractivity contribution in [2.75, 3.05) is 0 Å². The molecular formula is C10H12FN. The van der Waals surface area contributed by atoms with Crippen LogP contribution in [-0.2, 0) is 0 Å². The number of aryl methyl sites for hydroxylation is 1. The highest BCUT2D eigenvalue weighted by Gasteiger charge is 1.98. The summed E-state index contributed by atoms with van der Waals surface area (Å²) in [7, 11) is 0. The van der Waals surface area contributed by atoms with Crippen molar-refractivity contribution < 1.29 is 4.39 Å². The van der Waals surface area contributed by atoms with Crippen LogP contribution in [0.4, 0.5) is 4.39 Å². The Morgan fingerprint density at radius 2 is 2.33 bits per heavy atom. The third-order valence-corrected chi connectivity index (χ3v) is 1.68. The van der Waals surface area contributed by atoms with E-state index < -0.39 is 0 Å². The van der Waals surface area contributed by atoms with E-state index in [1.807, 2.05) is 13.0 Å². The van der Waals surface area contributed by atoms with Crippen molar-refractivity contribution in [3.63, 3.8) is 0 Å². The van der Waals surface area contributed by atoms with Crippen LogP contribution < -0.4 is 0 Å². The minimum Gasteiger partial charge on any atom is -0.361 e. The lowest BCUT2D eigenvalue weighted by Crippen LogP contribution is -1.79. The molecule has 0 saturated carbocycles. The second kappa shape index (κ2) is 3.39. The third-order valence-electron chi connectivity index (χ3n) is 1.68. The van der Waals surface area contributed by atoms with Crippen LogP contribution >= 0.6 is 0 Å². The van der Waals surface area contributed by atoms with Crippen molar-refractivity contribution in [3.05, 3.63) is 41.5 Å². The Labute approximate surface area is 71.6 Å². The number of aromatic nitrogens is 1. The molecule has 0 saturated heterocycles. The van der Waals surface area contributed by atoms with E-state index in [1.54, 1.807) is 13.1 Å². The van der Waals surface area contributed by atoms with Gasteiger partial charge in [-0.1, -0.05) is 6.58 Å². The second-order valence-corrected chi connectivity index (χ2v) is 2.85. The molecule has 1 nitrogen and oxygen atoms in total. The van der Waals surface area contributed by atoms with Gasteiger partial charge in [-0.3, -0.25) is 0 Å². The summed E-state index contributed by atoms with van der Waals surface area (Å²) >= 11 is 0. The molecule has 1 aromatic rings. The molecule has 1 aromatic heterocycles. The molecule has 1 heterocycles. The standard InChI is InChI=1S/C10H12FN/c1-7(2)9(11)6-10-8(3)4-5-12-10/h4-6,12H,1H2,2-3H3. The predicted molar refractivity (Wildman–Crippen MR) is 49.4 cm³/mol. The topological polar surface area (TPSA) is 15.8 Å². The Bertz CT molecular complexity index is 320. The summed E-state index contributed by atoms with van der Waals surface area (Å²) in [5.74, 6) is -0.277. The van der Waals surface area contributed by atoms with Crippen LogP contribution in [0.3, 0.4) is 0 Å². The van der Waals surface area contributed by atoms with Gasteiger partial charge in [0.1, 0.15) is 5.83 Å². The van der Waals surface area contributed by atoms with Gasteiger partial charge in [-0.15, -0.1) is 0 Å². The van der Waals surface area contributed by atoms with Crippen LogP contribution in [0, 0.1) is 6.92 Å². The molecule has 0 aliphatic carbocycles. The van der Waals surface area contributed by atoms with Crippen LogP contribution in [0.2, 0.25) is 0 Å². The van der Waals surface area contributed by atoms with Gasteiger partial charge in [0.05, 0.1) is 0 Å². The molecule has 0 aliphatic heterocycles. The summed E-state index contributed by atoms with van der Waals surface area (Å²) in [6.07, 6.45) is 3.24. The number of allylic oxidation sites excluding steroid dienone is 2. The Kier molecular flexibility index (Phi) is 2.48. The summed E-state index contributed by atoms with van der Waals surface area (Å²) < 4.78 is 13.0. The fraction of sp³-hybridized carbons (Fsp3) is 0.200. The van der Waals surface area contributed by atoms with Crippen LogP contribution in [0.5, 0.6) is 0 Å². The molecule has 64 valence electrons. The molecule has 0 amide bonds. The molecule has 0 fully saturated rings. The van der Waals surface area contributed by atoms with Gasteiger partial charge in [0, 0.05) is 11.9 Å². The summed E-state index contributed by atoms with van der Waals surface area (Å²) in [5, 5.41) is 0. The molecule has 0 bridgehead atoms. The SMILES string of the molecule is C=C(C)C(F)=Cc1[nH]ccc1C. The molecule has 12 heavy (non-hydrogen) atoms. The summed E-state index contributed by atoms with van der Waals surface area (Å²) in [6, 6.07) is 1.90. The molecule has 0 unspecified atom stereocenters. The Morgan fingerprint density at radius 1 is 1.67 bits per heavy atom. The second-order valence-electron chi connectivity index (χ2n) is 2.85. The van der Waals surface area contributed by atoms with Gasteiger partial charge in [0.15, 0.2) is 0 Å². The Hall–Kier alpha value is -1.31. The van der Waals surface area contributed by atoms with Gasteiger partial charge in [-0.25, -0.2) is 4.39 Å². The fourth-order valence-electron chi connectivity index (χ4n) is 0.865. The summed E-state index contributed by atoms with van der Waals surface area (Å²) in [4.78, 5) is 2.93. The van der Waals surface area contributed by atoms with Crippen LogP contribution in [0.25, 0.3) is 6.08 Å². The molecule has 0 aromatic carbocycles. The Morgan fingerprint density at radius 3 is 2.75 bits per heavy atom. The van der Waals surface area contributed by atoms with E-state index in [0.29, 0.717) is 5.57 Å². The van der Waals surface area contributed by atoms with E-state index in [4.69, 9.17) is 0 Å². The summed E-state index contributed by atoms with van der Waals surface area (Å²) in [5.41, 5.74) is 2.28. The van der Waals surface area contributed by atoms with Crippen molar-refractivity contribution >= 4 is 6.08 Å². The minimum atomic E-state index is -0.277. The zero-order valence-corrected chi connectivity index (χ0v) is 7.32. The van der Waals surface area contributed by atoms with E-state index in [1.165, 1.54) is 6.08 Å². The van der Waals surface area contributed by atoms with E-state index in [9.17, 15) is 4.39 Å². The van der Waals surface area contributed by atoms with Gasteiger partial charge in [-0.05, 0) is 37.1 Å². The molecule has 0 aliphatic rings. The van der Waals surface area contributed by atoms with Crippen molar-refractivity contribution in [2.45, 2.75) is 13.8 Å². The number of H-pyrrole nitrogens is 1. The smallest absolute Gasteiger partial charge is 0.127 e. The highest BCUT2D eigenvalue weighted by Crippen LogP contribution is 2.15. The molecule has 0 atom stereocenters. The Balaban J connectivity index is 2.95. The lowest BCUT2D eigenvalue weighted by Gasteiger charge is -1.94. The third kappa shape index (κ3) is 1.84. The first-order chi connectivity index (χ1) is 5.61. The van der Waals surface area contributed by atoms with E-state index in [-0.39, 0.29) is 5.83 Å². The maximum atomic E-state index is 13.0. The van der Waals surface area contributed by atoms with Crippen molar-refractivity contribution in [2.24, 2.45) is 0 Å². The maximum absolute atomic E-state index is 13.0. The van der Waals surface area contributed by atoms with Gasteiger partial charge in [0.2, 0.25) is 0 Å². The quantitative estimate of drug-likeness (QED) is 0.647. The highest BCUT2D eigenvalue weighted by molar-refractivity contribution is 5.55. The predicted octanol–water partition coefficient (Wildman–Crippen LogP) is 3.21. The average molecular weight is 165 g/mol. The summed E-state index contributed by atoms with van der Waals surface area (Å²) in [6.45, 7) is 7.08. The number of hydrogen-bond acceptors (Lipinski definition) is 0. The largest absolute Gasteiger partial charge is 0.361 e. The monoisotopic (exact) mass is 165 g/mol. The van der Waals surface area contributed by atoms with Crippen LogP contribution in [0.1, 0.15) is 18.2 Å². The van der Waals surface area contributed by atoms with E-state index in [0.717, 1.165) is 11.3 Å². The molecule has 2 heteroatoms. The molecular weight excluding hydrogens is 153 g/mol.